The lowest BCUT2D eigenvalue weighted by Crippen LogP contribution is -2.47. The van der Waals surface area contributed by atoms with Crippen LogP contribution >= 0.6 is 11.6 Å². The van der Waals surface area contributed by atoms with Gasteiger partial charge in [-0.2, -0.15) is 0 Å². The molecule has 1 aliphatic rings. The molecule has 0 radical (unpaired) electrons. The quantitative estimate of drug-likeness (QED) is 0.549. The second kappa shape index (κ2) is 8.99. The molecule has 31 heavy (non-hydrogen) atoms. The Balaban J connectivity index is 1.46. The maximum absolute atomic E-state index is 12.8. The molecule has 1 atom stereocenters. The lowest BCUT2D eigenvalue weighted by molar-refractivity contribution is -0.124. The van der Waals surface area contributed by atoms with Gasteiger partial charge in [0.2, 0.25) is 5.91 Å². The van der Waals surface area contributed by atoms with E-state index in [9.17, 15) is 9.59 Å². The Bertz CT molecular complexity index is 1130. The molecule has 0 bridgehead atoms. The number of H-pyrrole nitrogens is 1. The van der Waals surface area contributed by atoms with Gasteiger partial charge in [-0.1, -0.05) is 17.7 Å². The molecule has 1 saturated heterocycles. The predicted molar refractivity (Wildman–Crippen MR) is 120 cm³/mol. The Morgan fingerprint density at radius 3 is 2.87 bits per heavy atom. The molecular formula is C23H25ClN4O3. The van der Waals surface area contributed by atoms with Crippen LogP contribution in [0.15, 0.2) is 42.5 Å². The number of fused-ring (bicyclic) bond motifs is 1. The summed E-state index contributed by atoms with van der Waals surface area (Å²) in [5, 5.41) is 7.52. The third-order valence-corrected chi connectivity index (χ3v) is 5.71. The molecular weight excluding hydrogens is 416 g/mol. The molecule has 1 aliphatic heterocycles. The van der Waals surface area contributed by atoms with Crippen molar-refractivity contribution in [3.05, 3.63) is 64.3 Å². The minimum atomic E-state index is -0.212. The lowest BCUT2D eigenvalue weighted by Gasteiger charge is -2.27. The van der Waals surface area contributed by atoms with Crippen molar-refractivity contribution in [1.82, 2.24) is 20.5 Å². The molecule has 2 aromatic carbocycles. The van der Waals surface area contributed by atoms with Gasteiger partial charge in [-0.25, -0.2) is 0 Å². The zero-order chi connectivity index (χ0) is 22.0. The molecule has 1 fully saturated rings. The fraction of sp³-hybridized carbons (Fsp3) is 0.304. The number of aromatic amines is 1. The number of carbonyl (C=O) groups excluding carboxylic acids is 2. The Labute approximate surface area is 185 Å². The van der Waals surface area contributed by atoms with Crippen LogP contribution in [-0.4, -0.2) is 48.4 Å². The van der Waals surface area contributed by atoms with Crippen molar-refractivity contribution in [2.75, 3.05) is 26.7 Å². The normalized spacial score (nSPS) is 15.5. The highest BCUT2D eigenvalue weighted by molar-refractivity contribution is 6.31. The number of halogens is 1. The Hall–Kier alpha value is -3.03. The summed E-state index contributed by atoms with van der Waals surface area (Å²) >= 11 is 6.06. The summed E-state index contributed by atoms with van der Waals surface area (Å²) in [7, 11) is 1.58. The zero-order valence-electron chi connectivity index (χ0n) is 17.5. The van der Waals surface area contributed by atoms with Gasteiger partial charge in [0.1, 0.15) is 5.75 Å². The number of benzene rings is 2. The smallest absolute Gasteiger partial charge is 0.251 e. The maximum Gasteiger partial charge on any atom is 0.251 e. The van der Waals surface area contributed by atoms with Gasteiger partial charge in [0, 0.05) is 52.4 Å². The van der Waals surface area contributed by atoms with Crippen LogP contribution in [0.4, 0.5) is 0 Å². The van der Waals surface area contributed by atoms with E-state index in [1.165, 1.54) is 0 Å². The van der Waals surface area contributed by atoms with Crippen molar-refractivity contribution in [1.29, 1.82) is 0 Å². The Kier molecular flexibility index (Phi) is 6.15. The highest BCUT2D eigenvalue weighted by Gasteiger charge is 2.19. The highest BCUT2D eigenvalue weighted by atomic mass is 35.5. The van der Waals surface area contributed by atoms with Crippen molar-refractivity contribution >= 4 is 34.3 Å². The van der Waals surface area contributed by atoms with Crippen LogP contribution in [0.25, 0.3) is 10.9 Å². The second-order valence-electron chi connectivity index (χ2n) is 7.74. The number of methoxy groups -OCH3 is 1. The number of amides is 2. The van der Waals surface area contributed by atoms with Gasteiger partial charge in [0.15, 0.2) is 0 Å². The van der Waals surface area contributed by atoms with Crippen LogP contribution in [0, 0.1) is 0 Å². The molecule has 2 amide bonds. The number of hydrogen-bond donors (Lipinski definition) is 3. The fourth-order valence-corrected chi connectivity index (χ4v) is 3.98. The zero-order valence-corrected chi connectivity index (χ0v) is 18.3. The van der Waals surface area contributed by atoms with Crippen LogP contribution in [0.1, 0.15) is 34.6 Å². The van der Waals surface area contributed by atoms with E-state index in [0.29, 0.717) is 36.0 Å². The van der Waals surface area contributed by atoms with Gasteiger partial charge in [0.25, 0.3) is 5.91 Å². The van der Waals surface area contributed by atoms with Crippen LogP contribution in [-0.2, 0) is 11.3 Å². The summed E-state index contributed by atoms with van der Waals surface area (Å²) in [5.41, 5.74) is 3.33. The largest absolute Gasteiger partial charge is 0.496 e. The van der Waals surface area contributed by atoms with E-state index in [1.807, 2.05) is 37.3 Å². The van der Waals surface area contributed by atoms with Gasteiger partial charge < -0.3 is 20.4 Å². The summed E-state index contributed by atoms with van der Waals surface area (Å²) in [6.45, 7) is 4.30. The Morgan fingerprint density at radius 2 is 2.10 bits per heavy atom. The molecule has 8 heteroatoms. The molecule has 3 aromatic rings. The topological polar surface area (TPSA) is 86.5 Å². The number of rotatable bonds is 6. The number of ether oxygens (including phenoxy) is 1. The molecule has 2 heterocycles. The van der Waals surface area contributed by atoms with Crippen LogP contribution in [0.5, 0.6) is 5.75 Å². The van der Waals surface area contributed by atoms with E-state index in [2.05, 4.69) is 20.5 Å². The number of nitrogens with one attached hydrogen (secondary N) is 3. The number of hydrogen-bond acceptors (Lipinski definition) is 4. The molecule has 1 aromatic heterocycles. The summed E-state index contributed by atoms with van der Waals surface area (Å²) in [5.74, 6) is 0.465. The standard InChI is InChI=1S/C23H25ClN4O3/c1-14(20-10-17-9-18(24)5-6-19(17)27-20)26-23(30)15-3-4-16(21(11-15)31-2)12-28-8-7-25-22(29)13-28/h3-6,9-11,14,27H,7-8,12-13H2,1-2H3,(H,25,29)(H,26,30)/t14-/m0/s1. The first-order valence-electron chi connectivity index (χ1n) is 10.2. The molecule has 162 valence electrons. The van der Waals surface area contributed by atoms with Crippen molar-refractivity contribution < 1.29 is 14.3 Å². The van der Waals surface area contributed by atoms with E-state index < -0.39 is 0 Å². The minimum Gasteiger partial charge on any atom is -0.496 e. The number of piperazine rings is 1. The SMILES string of the molecule is COc1cc(C(=O)N[C@@H](C)c2cc3cc(Cl)ccc3[nH]2)ccc1CN1CCNC(=O)C1. The Morgan fingerprint density at radius 1 is 1.26 bits per heavy atom. The summed E-state index contributed by atoms with van der Waals surface area (Å²) in [6.07, 6.45) is 0. The molecule has 4 rings (SSSR count). The van der Waals surface area contributed by atoms with Crippen LogP contribution < -0.4 is 15.4 Å². The first-order valence-corrected chi connectivity index (χ1v) is 10.6. The van der Waals surface area contributed by atoms with Crippen molar-refractivity contribution in [2.24, 2.45) is 0 Å². The van der Waals surface area contributed by atoms with E-state index in [1.54, 1.807) is 19.2 Å². The third-order valence-electron chi connectivity index (χ3n) is 5.48. The van der Waals surface area contributed by atoms with Crippen molar-refractivity contribution in [3.8, 4) is 5.75 Å². The predicted octanol–water partition coefficient (Wildman–Crippen LogP) is 3.25. The molecule has 7 nitrogen and oxygen atoms in total. The van der Waals surface area contributed by atoms with Gasteiger partial charge in [0.05, 0.1) is 19.7 Å². The number of carbonyl (C=O) groups is 2. The van der Waals surface area contributed by atoms with Crippen molar-refractivity contribution in [3.63, 3.8) is 0 Å². The highest BCUT2D eigenvalue weighted by Crippen LogP contribution is 2.25. The number of aromatic nitrogens is 1. The van der Waals surface area contributed by atoms with E-state index in [0.717, 1.165) is 28.7 Å². The number of nitrogens with zero attached hydrogens (tertiary/aromatic N) is 1. The lowest BCUT2D eigenvalue weighted by atomic mass is 10.1. The average Bonchev–Trinajstić information content (AvgIpc) is 3.17. The summed E-state index contributed by atoms with van der Waals surface area (Å²) < 4.78 is 5.52. The van der Waals surface area contributed by atoms with Gasteiger partial charge in [-0.15, -0.1) is 0 Å². The molecule has 0 aliphatic carbocycles. The van der Waals surface area contributed by atoms with Crippen LogP contribution in [0.2, 0.25) is 5.02 Å². The molecule has 0 spiro atoms. The van der Waals surface area contributed by atoms with Crippen molar-refractivity contribution in [2.45, 2.75) is 19.5 Å². The monoisotopic (exact) mass is 440 g/mol. The van der Waals surface area contributed by atoms with E-state index in [-0.39, 0.29) is 17.9 Å². The maximum atomic E-state index is 12.8. The molecule has 0 saturated carbocycles. The first-order chi connectivity index (χ1) is 14.9. The van der Waals surface area contributed by atoms with E-state index >= 15 is 0 Å². The summed E-state index contributed by atoms with van der Waals surface area (Å²) in [6, 6.07) is 12.8. The van der Waals surface area contributed by atoms with E-state index in [4.69, 9.17) is 16.3 Å². The first kappa shape index (κ1) is 21.2. The average molecular weight is 441 g/mol. The fourth-order valence-electron chi connectivity index (χ4n) is 3.80. The van der Waals surface area contributed by atoms with Crippen LogP contribution in [0.3, 0.4) is 0 Å². The third kappa shape index (κ3) is 4.84. The molecule has 3 N–H and O–H groups in total. The molecule has 0 unspecified atom stereocenters. The minimum absolute atomic E-state index is 0.0226. The second-order valence-corrected chi connectivity index (χ2v) is 8.18. The van der Waals surface area contributed by atoms with Gasteiger partial charge in [-0.3, -0.25) is 14.5 Å². The van der Waals surface area contributed by atoms with Gasteiger partial charge >= 0.3 is 0 Å². The van der Waals surface area contributed by atoms with Gasteiger partial charge in [-0.05, 0) is 43.3 Å². The summed E-state index contributed by atoms with van der Waals surface area (Å²) in [4.78, 5) is 29.8.